The van der Waals surface area contributed by atoms with Crippen molar-refractivity contribution in [2.45, 2.75) is 19.4 Å². The van der Waals surface area contributed by atoms with Crippen LogP contribution in [0.15, 0.2) is 40.8 Å². The van der Waals surface area contributed by atoms with Crippen LogP contribution < -0.4 is 5.32 Å². The molecule has 2 aromatic rings. The lowest BCUT2D eigenvalue weighted by Crippen LogP contribution is -2.38. The first-order valence-corrected chi connectivity index (χ1v) is 6.21. The Morgan fingerprint density at radius 1 is 1.40 bits per heavy atom. The molecule has 106 valence electrons. The summed E-state index contributed by atoms with van der Waals surface area (Å²) < 4.78 is 18.4. The average Bonchev–Trinajstić information content (AvgIpc) is 2.83. The summed E-state index contributed by atoms with van der Waals surface area (Å²) in [7, 11) is 0. The molecule has 0 radical (unpaired) electrons. The predicted octanol–water partition coefficient (Wildman–Crippen LogP) is 2.36. The van der Waals surface area contributed by atoms with Crippen molar-refractivity contribution >= 4 is 5.91 Å². The summed E-state index contributed by atoms with van der Waals surface area (Å²) in [6, 6.07) is 8.75. The summed E-state index contributed by atoms with van der Waals surface area (Å²) >= 11 is 0. The first-order valence-electron chi connectivity index (χ1n) is 6.21. The molecule has 20 heavy (non-hydrogen) atoms. The first kappa shape index (κ1) is 14.3. The summed E-state index contributed by atoms with van der Waals surface area (Å²) in [6.45, 7) is 3.28. The van der Waals surface area contributed by atoms with Crippen molar-refractivity contribution in [2.75, 3.05) is 6.54 Å². The molecule has 1 heterocycles. The van der Waals surface area contributed by atoms with Crippen LogP contribution in [0.25, 0.3) is 0 Å². The fourth-order valence-corrected chi connectivity index (χ4v) is 1.80. The van der Waals surface area contributed by atoms with Gasteiger partial charge in [-0.3, -0.25) is 4.79 Å². The van der Waals surface area contributed by atoms with Gasteiger partial charge in [-0.05, 0) is 44.2 Å². The normalized spacial score (nSPS) is 13.8. The highest BCUT2D eigenvalue weighted by Crippen LogP contribution is 2.22. The minimum Gasteiger partial charge on any atom is -0.463 e. The molecule has 1 amide bonds. The topological polar surface area (TPSA) is 62.5 Å². The van der Waals surface area contributed by atoms with Crippen molar-refractivity contribution < 1.29 is 18.7 Å². The van der Waals surface area contributed by atoms with E-state index in [1.54, 1.807) is 19.1 Å². The zero-order chi connectivity index (χ0) is 14.8. The molecule has 0 aliphatic carbocycles. The highest BCUT2D eigenvalue weighted by molar-refractivity contribution is 5.94. The van der Waals surface area contributed by atoms with Gasteiger partial charge in [-0.15, -0.1) is 0 Å². The smallest absolute Gasteiger partial charge is 0.251 e. The molecule has 0 saturated heterocycles. The lowest BCUT2D eigenvalue weighted by atomic mass is 10.0. The molecule has 4 nitrogen and oxygen atoms in total. The molecule has 0 fully saturated rings. The minimum absolute atomic E-state index is 0.0324. The van der Waals surface area contributed by atoms with E-state index in [2.05, 4.69) is 5.32 Å². The second kappa shape index (κ2) is 5.46. The Balaban J connectivity index is 2.03. The zero-order valence-corrected chi connectivity index (χ0v) is 11.3. The number of carbonyl (C=O) groups excluding carboxylic acids is 1. The maximum atomic E-state index is 13.0. The van der Waals surface area contributed by atoms with E-state index >= 15 is 0 Å². The standard InChI is InChI=1S/C15H16FNO3/c1-10-6-7-13(20-10)15(2,19)9-17-14(18)11-4-3-5-12(16)8-11/h3-8,19H,9H2,1-2H3,(H,17,18). The number of halogens is 1. The third kappa shape index (κ3) is 3.24. The van der Waals surface area contributed by atoms with Crippen molar-refractivity contribution in [1.29, 1.82) is 0 Å². The average molecular weight is 277 g/mol. The van der Waals surface area contributed by atoms with Crippen LogP contribution in [0.1, 0.15) is 28.8 Å². The number of benzene rings is 1. The Morgan fingerprint density at radius 2 is 2.15 bits per heavy atom. The monoisotopic (exact) mass is 277 g/mol. The van der Waals surface area contributed by atoms with Crippen LogP contribution in [0.4, 0.5) is 4.39 Å². The molecule has 0 saturated carbocycles. The Bertz CT molecular complexity index is 619. The van der Waals surface area contributed by atoms with Gasteiger partial charge in [-0.25, -0.2) is 4.39 Å². The molecule has 2 rings (SSSR count). The summed E-state index contributed by atoms with van der Waals surface area (Å²) in [6.07, 6.45) is 0. The van der Waals surface area contributed by atoms with Crippen LogP contribution in [0.2, 0.25) is 0 Å². The van der Waals surface area contributed by atoms with Crippen molar-refractivity contribution in [1.82, 2.24) is 5.32 Å². The number of furan rings is 1. The number of aryl methyl sites for hydroxylation is 1. The van der Waals surface area contributed by atoms with Gasteiger partial charge >= 0.3 is 0 Å². The highest BCUT2D eigenvalue weighted by Gasteiger charge is 2.27. The maximum absolute atomic E-state index is 13.0. The minimum atomic E-state index is -1.32. The zero-order valence-electron chi connectivity index (χ0n) is 11.3. The largest absolute Gasteiger partial charge is 0.463 e. The van der Waals surface area contributed by atoms with Crippen molar-refractivity contribution in [2.24, 2.45) is 0 Å². The molecule has 0 spiro atoms. The van der Waals surface area contributed by atoms with Gasteiger partial charge in [0.2, 0.25) is 0 Å². The molecular weight excluding hydrogens is 261 g/mol. The van der Waals surface area contributed by atoms with Crippen LogP contribution in [0.5, 0.6) is 0 Å². The van der Waals surface area contributed by atoms with Crippen LogP contribution >= 0.6 is 0 Å². The first-order chi connectivity index (χ1) is 9.38. The maximum Gasteiger partial charge on any atom is 0.251 e. The van der Waals surface area contributed by atoms with E-state index < -0.39 is 17.3 Å². The third-order valence-electron chi connectivity index (χ3n) is 2.95. The van der Waals surface area contributed by atoms with E-state index in [9.17, 15) is 14.3 Å². The van der Waals surface area contributed by atoms with E-state index in [1.807, 2.05) is 0 Å². The van der Waals surface area contributed by atoms with Gasteiger partial charge in [0.1, 0.15) is 22.9 Å². The van der Waals surface area contributed by atoms with Crippen molar-refractivity contribution in [3.8, 4) is 0 Å². The Morgan fingerprint density at radius 3 is 2.75 bits per heavy atom. The van der Waals surface area contributed by atoms with Crippen molar-refractivity contribution in [3.63, 3.8) is 0 Å². The van der Waals surface area contributed by atoms with Crippen LogP contribution in [0, 0.1) is 12.7 Å². The lowest BCUT2D eigenvalue weighted by molar-refractivity contribution is 0.0323. The number of aliphatic hydroxyl groups is 1. The van der Waals surface area contributed by atoms with Gasteiger partial charge in [-0.2, -0.15) is 0 Å². The molecule has 1 unspecified atom stereocenters. The Labute approximate surface area is 116 Å². The Kier molecular flexibility index (Phi) is 3.90. The molecule has 0 aliphatic rings. The molecule has 1 atom stereocenters. The molecule has 1 aromatic carbocycles. The number of hydrogen-bond acceptors (Lipinski definition) is 3. The second-order valence-electron chi connectivity index (χ2n) is 4.88. The summed E-state index contributed by atoms with van der Waals surface area (Å²) in [5.74, 6) is 0.116. The second-order valence-corrected chi connectivity index (χ2v) is 4.88. The Hall–Kier alpha value is -2.14. The molecule has 2 N–H and O–H groups in total. The van der Waals surface area contributed by atoms with Crippen molar-refractivity contribution in [3.05, 3.63) is 59.3 Å². The fourth-order valence-electron chi connectivity index (χ4n) is 1.80. The van der Waals surface area contributed by atoms with Gasteiger partial charge in [0.15, 0.2) is 0 Å². The fraction of sp³-hybridized carbons (Fsp3) is 0.267. The molecule has 5 heteroatoms. The van der Waals surface area contributed by atoms with Gasteiger partial charge < -0.3 is 14.8 Å². The van der Waals surface area contributed by atoms with E-state index in [-0.39, 0.29) is 12.1 Å². The van der Waals surface area contributed by atoms with E-state index in [0.29, 0.717) is 11.5 Å². The number of amides is 1. The summed E-state index contributed by atoms with van der Waals surface area (Å²) in [5, 5.41) is 12.8. The van der Waals surface area contributed by atoms with E-state index in [0.717, 1.165) is 6.07 Å². The van der Waals surface area contributed by atoms with E-state index in [4.69, 9.17) is 4.42 Å². The number of carbonyl (C=O) groups is 1. The number of rotatable bonds is 4. The van der Waals surface area contributed by atoms with Gasteiger partial charge in [0.05, 0.1) is 6.54 Å². The van der Waals surface area contributed by atoms with E-state index in [1.165, 1.54) is 25.1 Å². The molecule has 0 aliphatic heterocycles. The number of hydrogen-bond donors (Lipinski definition) is 2. The predicted molar refractivity (Wildman–Crippen MR) is 71.7 cm³/mol. The lowest BCUT2D eigenvalue weighted by Gasteiger charge is -2.21. The molecular formula is C15H16FNO3. The van der Waals surface area contributed by atoms with Crippen LogP contribution in [-0.4, -0.2) is 17.6 Å². The van der Waals surface area contributed by atoms with Gasteiger partial charge in [-0.1, -0.05) is 6.07 Å². The quantitative estimate of drug-likeness (QED) is 0.901. The third-order valence-corrected chi connectivity index (χ3v) is 2.95. The van der Waals surface area contributed by atoms with Crippen LogP contribution in [0.3, 0.4) is 0 Å². The van der Waals surface area contributed by atoms with Gasteiger partial charge in [0.25, 0.3) is 5.91 Å². The summed E-state index contributed by atoms with van der Waals surface area (Å²) in [4.78, 5) is 11.9. The van der Waals surface area contributed by atoms with Crippen LogP contribution in [-0.2, 0) is 5.60 Å². The summed E-state index contributed by atoms with van der Waals surface area (Å²) in [5.41, 5.74) is -1.12. The van der Waals surface area contributed by atoms with Gasteiger partial charge in [0, 0.05) is 5.56 Å². The SMILES string of the molecule is Cc1ccc(C(C)(O)CNC(=O)c2cccc(F)c2)o1. The highest BCUT2D eigenvalue weighted by atomic mass is 19.1. The number of nitrogens with one attached hydrogen (secondary N) is 1. The molecule has 1 aromatic heterocycles. The molecule has 0 bridgehead atoms.